The molecule has 90 valence electrons. The topological polar surface area (TPSA) is 68.9 Å². The molecule has 0 aliphatic heterocycles. The minimum atomic E-state index is 0.440. The van der Waals surface area contributed by atoms with Crippen molar-refractivity contribution >= 4 is 12.2 Å². The summed E-state index contributed by atoms with van der Waals surface area (Å²) in [6, 6.07) is 7.94. The zero-order chi connectivity index (χ0) is 12.3. The zero-order valence-corrected chi connectivity index (χ0v) is 10.3. The summed E-state index contributed by atoms with van der Waals surface area (Å²) in [5, 5.41) is 6.72. The molecule has 0 fully saturated rings. The van der Waals surface area contributed by atoms with Crippen molar-refractivity contribution in [3.8, 4) is 5.75 Å². The van der Waals surface area contributed by atoms with Gasteiger partial charge in [0, 0.05) is 6.42 Å². The van der Waals surface area contributed by atoms with Gasteiger partial charge in [-0.1, -0.05) is 12.1 Å². The Kier molecular flexibility index (Phi) is 3.43. The van der Waals surface area contributed by atoms with Crippen molar-refractivity contribution in [2.24, 2.45) is 0 Å². The van der Waals surface area contributed by atoms with E-state index in [2.05, 4.69) is 10.2 Å². The molecule has 0 saturated carbocycles. The minimum absolute atomic E-state index is 0.440. The largest absolute Gasteiger partial charge is 0.497 e. The Morgan fingerprint density at radius 1 is 1.35 bits per heavy atom. The van der Waals surface area contributed by atoms with Crippen LogP contribution in [0.3, 0.4) is 0 Å². The van der Waals surface area contributed by atoms with E-state index in [1.54, 1.807) is 7.11 Å². The van der Waals surface area contributed by atoms with E-state index in [1.807, 2.05) is 24.3 Å². The van der Waals surface area contributed by atoms with E-state index >= 15 is 0 Å². The van der Waals surface area contributed by atoms with Crippen LogP contribution in [-0.4, -0.2) is 22.0 Å². The number of aromatic amines is 1. The normalized spacial score (nSPS) is 10.4. The van der Waals surface area contributed by atoms with Gasteiger partial charge in [0.15, 0.2) is 5.82 Å². The fourth-order valence-electron chi connectivity index (χ4n) is 1.56. The monoisotopic (exact) mass is 250 g/mol. The highest BCUT2D eigenvalue weighted by atomic mass is 32.1. The van der Waals surface area contributed by atoms with Crippen LogP contribution in [0.4, 0.5) is 0 Å². The Labute approximate surface area is 104 Å². The molecule has 1 aromatic carbocycles. The molecule has 0 aliphatic rings. The molecule has 0 radical (unpaired) electrons. The van der Waals surface area contributed by atoms with Crippen molar-refractivity contribution in [1.29, 1.82) is 0 Å². The standard InChI is InChI=1S/C11H14N4OS/c1-16-9-5-2-8(3-6-9)4-7-10-13-14-11(17)15(10)12/h2-3,5-6H,4,7,12H2,1H3,(H,14,17). The molecule has 3 N–H and O–H groups in total. The fourth-order valence-corrected chi connectivity index (χ4v) is 1.71. The first kappa shape index (κ1) is 11.7. The second-order valence-electron chi connectivity index (χ2n) is 3.66. The number of nitrogens with zero attached hydrogens (tertiary/aromatic N) is 2. The Morgan fingerprint density at radius 3 is 2.59 bits per heavy atom. The van der Waals surface area contributed by atoms with Crippen LogP contribution in [0.25, 0.3) is 0 Å². The number of hydrogen-bond acceptors (Lipinski definition) is 4. The lowest BCUT2D eigenvalue weighted by atomic mass is 10.1. The molecule has 0 amide bonds. The number of aromatic nitrogens is 3. The van der Waals surface area contributed by atoms with E-state index in [1.165, 1.54) is 10.2 Å². The third-order valence-electron chi connectivity index (χ3n) is 2.57. The van der Waals surface area contributed by atoms with Crippen molar-refractivity contribution < 1.29 is 4.74 Å². The van der Waals surface area contributed by atoms with Gasteiger partial charge in [0.1, 0.15) is 5.75 Å². The third-order valence-corrected chi connectivity index (χ3v) is 2.86. The lowest BCUT2D eigenvalue weighted by Gasteiger charge is -2.03. The number of aryl methyl sites for hydroxylation is 2. The van der Waals surface area contributed by atoms with Crippen LogP contribution in [0.5, 0.6) is 5.75 Å². The van der Waals surface area contributed by atoms with Gasteiger partial charge in [-0.25, -0.2) is 4.68 Å². The van der Waals surface area contributed by atoms with Crippen LogP contribution in [-0.2, 0) is 12.8 Å². The Balaban J connectivity index is 2.02. The maximum Gasteiger partial charge on any atom is 0.214 e. The van der Waals surface area contributed by atoms with Crippen molar-refractivity contribution in [3.05, 3.63) is 40.4 Å². The number of ether oxygens (including phenoxy) is 1. The second-order valence-corrected chi connectivity index (χ2v) is 4.05. The second kappa shape index (κ2) is 5.01. The van der Waals surface area contributed by atoms with Crippen molar-refractivity contribution in [2.75, 3.05) is 13.0 Å². The quantitative estimate of drug-likeness (QED) is 0.636. The number of nitrogen functional groups attached to an aromatic ring is 1. The fraction of sp³-hybridized carbons (Fsp3) is 0.273. The number of rotatable bonds is 4. The average Bonchev–Trinajstić information content (AvgIpc) is 2.68. The Morgan fingerprint density at radius 2 is 2.06 bits per heavy atom. The van der Waals surface area contributed by atoms with Crippen LogP contribution in [0.1, 0.15) is 11.4 Å². The SMILES string of the molecule is COc1ccc(CCc2n[nH]c(=S)n2N)cc1. The molecule has 0 atom stereocenters. The molecule has 1 aromatic heterocycles. The number of methoxy groups -OCH3 is 1. The molecule has 0 spiro atoms. The van der Waals surface area contributed by atoms with Crippen LogP contribution >= 0.6 is 12.2 Å². The molecule has 6 heteroatoms. The van der Waals surface area contributed by atoms with Crippen LogP contribution in [0.15, 0.2) is 24.3 Å². The Hall–Kier alpha value is -1.82. The molecular weight excluding hydrogens is 236 g/mol. The lowest BCUT2D eigenvalue weighted by molar-refractivity contribution is 0.414. The first-order chi connectivity index (χ1) is 8.20. The van der Waals surface area contributed by atoms with Gasteiger partial charge in [0.05, 0.1) is 7.11 Å². The van der Waals surface area contributed by atoms with Gasteiger partial charge in [-0.3, -0.25) is 5.10 Å². The van der Waals surface area contributed by atoms with Gasteiger partial charge in [-0.15, -0.1) is 0 Å². The number of benzene rings is 1. The van der Waals surface area contributed by atoms with E-state index in [0.717, 1.165) is 24.4 Å². The summed E-state index contributed by atoms with van der Waals surface area (Å²) in [4.78, 5) is 0. The van der Waals surface area contributed by atoms with Gasteiger partial charge >= 0.3 is 0 Å². The molecule has 0 bridgehead atoms. The lowest BCUT2D eigenvalue weighted by Crippen LogP contribution is -2.13. The molecule has 17 heavy (non-hydrogen) atoms. The van der Waals surface area contributed by atoms with E-state index in [-0.39, 0.29) is 0 Å². The minimum Gasteiger partial charge on any atom is -0.497 e. The maximum absolute atomic E-state index is 5.71. The summed E-state index contributed by atoms with van der Waals surface area (Å²) in [5.74, 6) is 7.32. The molecule has 0 aliphatic carbocycles. The van der Waals surface area contributed by atoms with Crippen LogP contribution < -0.4 is 10.6 Å². The summed E-state index contributed by atoms with van der Waals surface area (Å²) >= 11 is 4.94. The number of H-pyrrole nitrogens is 1. The molecule has 0 unspecified atom stereocenters. The smallest absolute Gasteiger partial charge is 0.214 e. The molecular formula is C11H14N4OS. The summed E-state index contributed by atoms with van der Waals surface area (Å²) in [5.41, 5.74) is 1.21. The van der Waals surface area contributed by atoms with Gasteiger partial charge in [0.2, 0.25) is 4.77 Å². The van der Waals surface area contributed by atoms with Gasteiger partial charge < -0.3 is 10.6 Å². The van der Waals surface area contributed by atoms with Crippen molar-refractivity contribution in [2.45, 2.75) is 12.8 Å². The highest BCUT2D eigenvalue weighted by Gasteiger charge is 2.03. The summed E-state index contributed by atoms with van der Waals surface area (Å²) < 4.78 is 6.94. The van der Waals surface area contributed by atoms with E-state index in [0.29, 0.717) is 4.77 Å². The van der Waals surface area contributed by atoms with Gasteiger partial charge in [0.25, 0.3) is 0 Å². The highest BCUT2D eigenvalue weighted by molar-refractivity contribution is 7.71. The number of hydrogen-bond donors (Lipinski definition) is 2. The molecule has 1 heterocycles. The van der Waals surface area contributed by atoms with Crippen molar-refractivity contribution in [3.63, 3.8) is 0 Å². The van der Waals surface area contributed by atoms with Crippen molar-refractivity contribution in [1.82, 2.24) is 14.9 Å². The highest BCUT2D eigenvalue weighted by Crippen LogP contribution is 2.12. The average molecular weight is 250 g/mol. The van der Waals surface area contributed by atoms with Crippen LogP contribution in [0, 0.1) is 4.77 Å². The van der Waals surface area contributed by atoms with Gasteiger partial charge in [-0.05, 0) is 36.3 Å². The van der Waals surface area contributed by atoms with Gasteiger partial charge in [-0.2, -0.15) is 5.10 Å². The maximum atomic E-state index is 5.71. The zero-order valence-electron chi connectivity index (χ0n) is 9.51. The molecule has 2 aromatic rings. The summed E-state index contributed by atoms with van der Waals surface area (Å²) in [6.07, 6.45) is 1.61. The number of nitrogens with two attached hydrogens (primary N) is 1. The predicted molar refractivity (Wildman–Crippen MR) is 68.0 cm³/mol. The molecule has 5 nitrogen and oxygen atoms in total. The first-order valence-corrected chi connectivity index (χ1v) is 5.66. The molecule has 2 rings (SSSR count). The number of nitrogens with one attached hydrogen (secondary N) is 1. The van der Waals surface area contributed by atoms with Crippen LogP contribution in [0.2, 0.25) is 0 Å². The summed E-state index contributed by atoms with van der Waals surface area (Å²) in [7, 11) is 1.65. The Bertz CT molecular complexity index is 543. The summed E-state index contributed by atoms with van der Waals surface area (Å²) in [6.45, 7) is 0. The van der Waals surface area contributed by atoms with E-state index in [4.69, 9.17) is 22.8 Å². The molecule has 0 saturated heterocycles. The van der Waals surface area contributed by atoms with E-state index in [9.17, 15) is 0 Å². The van der Waals surface area contributed by atoms with E-state index < -0.39 is 0 Å². The third kappa shape index (κ3) is 2.65. The predicted octanol–water partition coefficient (Wildman–Crippen LogP) is 1.45. The first-order valence-electron chi connectivity index (χ1n) is 5.25.